The summed E-state index contributed by atoms with van der Waals surface area (Å²) in [5.41, 5.74) is 4.17. The van der Waals surface area contributed by atoms with Crippen LogP contribution in [0.1, 0.15) is 9.60 Å². The molecule has 0 radical (unpaired) electrons. The maximum absolute atomic E-state index is 9.05. The molecule has 2 heterocycles. The second-order valence-corrected chi connectivity index (χ2v) is 11.9. The quantitative estimate of drug-likeness (QED) is 0.194. The van der Waals surface area contributed by atoms with Gasteiger partial charge in [0.15, 0.2) is 17.5 Å². The van der Waals surface area contributed by atoms with Gasteiger partial charge in [-0.3, -0.25) is 0 Å². The summed E-state index contributed by atoms with van der Waals surface area (Å²) < 4.78 is 67.1. The highest BCUT2D eigenvalue weighted by molar-refractivity contribution is 6.23. The van der Waals surface area contributed by atoms with Gasteiger partial charge in [-0.2, -0.15) is 0 Å². The molecule has 0 N–H and O–H groups in total. The number of benzene rings is 8. The Hall–Kier alpha value is -6.65. The van der Waals surface area contributed by atoms with Crippen LogP contribution in [0.5, 0.6) is 0 Å². The lowest BCUT2D eigenvalue weighted by molar-refractivity contribution is 0.669. The van der Waals surface area contributed by atoms with Crippen LogP contribution in [0, 0.1) is 0 Å². The monoisotopic (exact) mass is 632 g/mol. The number of aromatic nitrogens is 3. The molecule has 0 spiro atoms. The van der Waals surface area contributed by atoms with Gasteiger partial charge in [0.25, 0.3) is 0 Å². The first-order valence-corrected chi connectivity index (χ1v) is 15.9. The van der Waals surface area contributed by atoms with Gasteiger partial charge in [-0.1, -0.05) is 139 Å². The van der Waals surface area contributed by atoms with Gasteiger partial charge in [0.1, 0.15) is 11.2 Å². The first kappa shape index (κ1) is 21.3. The third-order valence-corrected chi connectivity index (χ3v) is 9.02. The van der Waals surface area contributed by atoms with Crippen LogP contribution in [-0.2, 0) is 0 Å². The van der Waals surface area contributed by atoms with Crippen molar-refractivity contribution in [2.45, 2.75) is 0 Å². The molecule has 0 aliphatic carbocycles. The smallest absolute Gasteiger partial charge is 0.164 e. The molecule has 0 saturated heterocycles. The molecule has 8 aromatic carbocycles. The topological polar surface area (TPSA) is 51.8 Å². The Balaban J connectivity index is 1.23. The van der Waals surface area contributed by atoms with Gasteiger partial charge in [-0.05, 0) is 67.7 Å². The van der Waals surface area contributed by atoms with E-state index in [1.165, 1.54) is 0 Å². The maximum atomic E-state index is 9.05. The summed E-state index contributed by atoms with van der Waals surface area (Å²) in [6.07, 6.45) is 0. The van der Waals surface area contributed by atoms with Crippen LogP contribution >= 0.6 is 0 Å². The standard InChI is InChI=1S/C45H27N3O/c1-2-14-30(15-3-1)43-46-44(48-45(47-43)37-23-11-17-29-13-5-7-19-33(29)37)31-24-25-40-39(26-31)42-36-21-9-8-20-35(36)38(27-41(42)49-40)34-22-10-16-28-12-4-6-18-32(28)34/h1-27H/i4D,6D,10D,12D,16D,18D,22D. The lowest BCUT2D eigenvalue weighted by atomic mass is 9.92. The number of hydrogen-bond acceptors (Lipinski definition) is 4. The van der Waals surface area contributed by atoms with Crippen LogP contribution in [0.15, 0.2) is 168 Å². The molecule has 0 aliphatic rings. The van der Waals surface area contributed by atoms with Crippen LogP contribution in [0.4, 0.5) is 0 Å². The summed E-state index contributed by atoms with van der Waals surface area (Å²) in [5, 5.41) is 5.10. The number of nitrogens with zero attached hydrogens (tertiary/aromatic N) is 3. The molecule has 10 rings (SSSR count). The molecule has 228 valence electrons. The highest BCUT2D eigenvalue weighted by atomic mass is 16.3. The largest absolute Gasteiger partial charge is 0.456 e. The van der Waals surface area contributed by atoms with E-state index < -0.39 is 30.2 Å². The Morgan fingerprint density at radius 2 is 1.12 bits per heavy atom. The molecule has 2 aromatic heterocycles. The van der Waals surface area contributed by atoms with E-state index in [9.17, 15) is 0 Å². The fraction of sp³-hybridized carbons (Fsp3) is 0. The lowest BCUT2D eigenvalue weighted by Crippen LogP contribution is -2.00. The normalized spacial score (nSPS) is 13.7. The average molecular weight is 633 g/mol. The summed E-state index contributed by atoms with van der Waals surface area (Å²) in [6.45, 7) is 0. The van der Waals surface area contributed by atoms with Crippen LogP contribution in [-0.4, -0.2) is 15.0 Å². The average Bonchev–Trinajstić information content (AvgIpc) is 3.61. The minimum Gasteiger partial charge on any atom is -0.456 e. The third kappa shape index (κ3) is 4.49. The van der Waals surface area contributed by atoms with Gasteiger partial charge >= 0.3 is 0 Å². The Kier molecular flexibility index (Phi) is 4.76. The van der Waals surface area contributed by atoms with Crippen molar-refractivity contribution < 1.29 is 14.0 Å². The van der Waals surface area contributed by atoms with Gasteiger partial charge in [-0.25, -0.2) is 15.0 Å². The summed E-state index contributed by atoms with van der Waals surface area (Å²) >= 11 is 0. The van der Waals surface area contributed by atoms with Gasteiger partial charge in [0.05, 0.1) is 9.60 Å². The second-order valence-electron chi connectivity index (χ2n) is 11.9. The van der Waals surface area contributed by atoms with Crippen molar-refractivity contribution in [3.8, 4) is 45.3 Å². The summed E-state index contributed by atoms with van der Waals surface area (Å²) in [7, 11) is 0. The molecule has 0 saturated carbocycles. The second kappa shape index (κ2) is 11.0. The first-order chi connectivity index (χ1) is 27.2. The van der Waals surface area contributed by atoms with E-state index in [1.807, 2.05) is 97.1 Å². The fourth-order valence-electron chi connectivity index (χ4n) is 6.76. The molecule has 4 nitrogen and oxygen atoms in total. The van der Waals surface area contributed by atoms with Crippen molar-refractivity contribution in [3.05, 3.63) is 164 Å². The third-order valence-electron chi connectivity index (χ3n) is 9.02. The van der Waals surface area contributed by atoms with Crippen molar-refractivity contribution in [2.24, 2.45) is 0 Å². The zero-order chi connectivity index (χ0) is 38.4. The van der Waals surface area contributed by atoms with Crippen LogP contribution < -0.4 is 0 Å². The van der Waals surface area contributed by atoms with E-state index in [-0.39, 0.29) is 28.4 Å². The summed E-state index contributed by atoms with van der Waals surface area (Å²) in [4.78, 5) is 15.0. The molecule has 10 aromatic rings. The zero-order valence-electron chi connectivity index (χ0n) is 32.8. The highest BCUT2D eigenvalue weighted by Gasteiger charge is 2.19. The minimum absolute atomic E-state index is 0.0240. The Morgan fingerprint density at radius 1 is 0.408 bits per heavy atom. The zero-order valence-corrected chi connectivity index (χ0v) is 25.8. The van der Waals surface area contributed by atoms with Crippen LogP contribution in [0.2, 0.25) is 0 Å². The molecule has 0 amide bonds. The summed E-state index contributed by atoms with van der Waals surface area (Å²) in [6, 6.07) is 36.3. The van der Waals surface area contributed by atoms with Gasteiger partial charge in [-0.15, -0.1) is 0 Å². The van der Waals surface area contributed by atoms with E-state index in [4.69, 9.17) is 29.0 Å². The Morgan fingerprint density at radius 3 is 2.02 bits per heavy atom. The van der Waals surface area contributed by atoms with Crippen molar-refractivity contribution >= 4 is 54.3 Å². The first-order valence-electron chi connectivity index (χ1n) is 19.4. The van der Waals surface area contributed by atoms with Crippen molar-refractivity contribution in [3.63, 3.8) is 0 Å². The van der Waals surface area contributed by atoms with Crippen LogP contribution in [0.3, 0.4) is 0 Å². The lowest BCUT2D eigenvalue weighted by Gasteiger charge is -2.11. The minimum atomic E-state index is -0.495. The predicted molar refractivity (Wildman–Crippen MR) is 201 cm³/mol. The number of hydrogen-bond donors (Lipinski definition) is 0. The molecule has 0 aliphatic heterocycles. The molecule has 49 heavy (non-hydrogen) atoms. The number of fused-ring (bicyclic) bond motifs is 7. The molecular weight excluding hydrogens is 599 g/mol. The number of rotatable bonds is 4. The summed E-state index contributed by atoms with van der Waals surface area (Å²) in [5.74, 6) is 1.56. The van der Waals surface area contributed by atoms with E-state index in [2.05, 4.69) is 18.2 Å². The van der Waals surface area contributed by atoms with Crippen molar-refractivity contribution in [2.75, 3.05) is 0 Å². The van der Waals surface area contributed by atoms with E-state index in [0.717, 1.165) is 43.6 Å². The maximum Gasteiger partial charge on any atom is 0.164 e. The number of furan rings is 1. The van der Waals surface area contributed by atoms with E-state index >= 15 is 0 Å². The molecule has 0 bridgehead atoms. The molecule has 0 atom stereocenters. The fourth-order valence-corrected chi connectivity index (χ4v) is 6.76. The van der Waals surface area contributed by atoms with Crippen LogP contribution in [0.25, 0.3) is 99.5 Å². The molecule has 0 fully saturated rings. The SMILES string of the molecule is [2H]c1c([2H])c([2H])c2c(-c3cc4oc5ccc(-c6nc(-c7ccccc7)nc(-c7cccc8ccccc78)n6)cc5c4c4ccccc34)c([2H])c([2H])c([2H])c2c1[2H]. The molecular formula is C45H27N3O. The Labute approximate surface area is 291 Å². The molecule has 0 unspecified atom stereocenters. The van der Waals surface area contributed by atoms with E-state index in [1.54, 1.807) is 6.07 Å². The van der Waals surface area contributed by atoms with Gasteiger partial charge in [0.2, 0.25) is 0 Å². The predicted octanol–water partition coefficient (Wildman–Crippen LogP) is 11.9. The molecule has 4 heteroatoms. The van der Waals surface area contributed by atoms with Crippen molar-refractivity contribution in [1.29, 1.82) is 0 Å². The van der Waals surface area contributed by atoms with E-state index in [0.29, 0.717) is 39.6 Å². The highest BCUT2D eigenvalue weighted by Crippen LogP contribution is 2.42. The van der Waals surface area contributed by atoms with Gasteiger partial charge < -0.3 is 4.42 Å². The van der Waals surface area contributed by atoms with Gasteiger partial charge in [0, 0.05) is 27.5 Å². The van der Waals surface area contributed by atoms with Crippen molar-refractivity contribution in [1.82, 2.24) is 15.0 Å². The Bertz CT molecular complexity index is 3280.